The first-order valence-corrected chi connectivity index (χ1v) is 6.08. The van der Waals surface area contributed by atoms with Gasteiger partial charge in [0.15, 0.2) is 5.78 Å². The van der Waals surface area contributed by atoms with Gasteiger partial charge in [0, 0.05) is 12.0 Å². The van der Waals surface area contributed by atoms with Crippen LogP contribution in [0.5, 0.6) is 0 Å². The first-order valence-electron chi connectivity index (χ1n) is 6.08. The average molecular weight is 235 g/mol. The number of Topliss-reactive ketones (excluding diaryl/α,β-unsaturated/α-hetero) is 1. The van der Waals surface area contributed by atoms with Gasteiger partial charge in [-0.15, -0.1) is 0 Å². The van der Waals surface area contributed by atoms with Crippen LogP contribution in [-0.2, 0) is 0 Å². The quantitative estimate of drug-likeness (QED) is 0.816. The maximum Gasteiger partial charge on any atom is 0.173 e. The fourth-order valence-corrected chi connectivity index (χ4v) is 2.57. The SMILES string of the molecule is CC(C)C1(C(=O)c2ccccc2F)CCNC1. The fourth-order valence-electron chi connectivity index (χ4n) is 2.57. The third-order valence-electron chi connectivity index (χ3n) is 3.86. The Labute approximate surface area is 101 Å². The summed E-state index contributed by atoms with van der Waals surface area (Å²) >= 11 is 0. The summed E-state index contributed by atoms with van der Waals surface area (Å²) in [6.45, 7) is 5.55. The topological polar surface area (TPSA) is 29.1 Å². The molecule has 1 heterocycles. The molecule has 1 fully saturated rings. The van der Waals surface area contributed by atoms with Crippen molar-refractivity contribution in [3.8, 4) is 0 Å². The van der Waals surface area contributed by atoms with Crippen molar-refractivity contribution >= 4 is 5.78 Å². The van der Waals surface area contributed by atoms with Crippen LogP contribution < -0.4 is 5.32 Å². The summed E-state index contributed by atoms with van der Waals surface area (Å²) in [4.78, 5) is 12.6. The van der Waals surface area contributed by atoms with Crippen molar-refractivity contribution in [1.29, 1.82) is 0 Å². The van der Waals surface area contributed by atoms with E-state index >= 15 is 0 Å². The Morgan fingerprint density at radius 1 is 1.41 bits per heavy atom. The normalized spacial score (nSPS) is 24.2. The molecule has 0 bridgehead atoms. The highest BCUT2D eigenvalue weighted by Crippen LogP contribution is 2.37. The lowest BCUT2D eigenvalue weighted by molar-refractivity contribution is 0.0735. The summed E-state index contributed by atoms with van der Waals surface area (Å²) in [6.07, 6.45) is 0.790. The van der Waals surface area contributed by atoms with Crippen LogP contribution in [0.1, 0.15) is 30.6 Å². The number of carbonyl (C=O) groups excluding carboxylic acids is 1. The van der Waals surface area contributed by atoms with Crippen LogP contribution in [-0.4, -0.2) is 18.9 Å². The minimum absolute atomic E-state index is 0.0596. The molecule has 2 rings (SSSR count). The average Bonchev–Trinajstić information content (AvgIpc) is 2.79. The van der Waals surface area contributed by atoms with Gasteiger partial charge in [0.05, 0.1) is 5.56 Å². The van der Waals surface area contributed by atoms with E-state index in [1.165, 1.54) is 6.07 Å². The third kappa shape index (κ3) is 2.00. The zero-order chi connectivity index (χ0) is 12.5. The van der Waals surface area contributed by atoms with Gasteiger partial charge < -0.3 is 5.32 Å². The highest BCUT2D eigenvalue weighted by atomic mass is 19.1. The van der Waals surface area contributed by atoms with E-state index in [4.69, 9.17) is 0 Å². The number of halogens is 1. The molecule has 1 saturated heterocycles. The molecule has 0 radical (unpaired) electrons. The predicted molar refractivity (Wildman–Crippen MR) is 65.5 cm³/mol. The lowest BCUT2D eigenvalue weighted by Crippen LogP contribution is -2.39. The minimum atomic E-state index is -0.442. The van der Waals surface area contributed by atoms with Gasteiger partial charge in [0.1, 0.15) is 5.82 Å². The molecule has 0 aliphatic carbocycles. The first-order chi connectivity index (χ1) is 8.08. The summed E-state index contributed by atoms with van der Waals surface area (Å²) in [5.41, 5.74) is -0.216. The molecule has 1 unspecified atom stereocenters. The molecule has 1 atom stereocenters. The van der Waals surface area contributed by atoms with Gasteiger partial charge in [-0.1, -0.05) is 26.0 Å². The Morgan fingerprint density at radius 2 is 2.12 bits per heavy atom. The van der Waals surface area contributed by atoms with Gasteiger partial charge >= 0.3 is 0 Å². The molecule has 0 amide bonds. The zero-order valence-electron chi connectivity index (χ0n) is 10.3. The highest BCUT2D eigenvalue weighted by Gasteiger charge is 2.44. The second kappa shape index (κ2) is 4.57. The number of carbonyl (C=O) groups is 1. The van der Waals surface area contributed by atoms with Crippen LogP contribution in [0, 0.1) is 17.2 Å². The molecule has 3 heteroatoms. The van der Waals surface area contributed by atoms with Gasteiger partial charge in [0.25, 0.3) is 0 Å². The molecular formula is C14H18FNO. The van der Waals surface area contributed by atoms with Crippen molar-refractivity contribution in [2.45, 2.75) is 20.3 Å². The van der Waals surface area contributed by atoms with Crippen molar-refractivity contribution in [2.24, 2.45) is 11.3 Å². The number of hydrogen-bond donors (Lipinski definition) is 1. The Morgan fingerprint density at radius 3 is 2.65 bits per heavy atom. The van der Waals surface area contributed by atoms with Crippen LogP contribution in [0.15, 0.2) is 24.3 Å². The number of ketones is 1. The fraction of sp³-hybridized carbons (Fsp3) is 0.500. The van der Waals surface area contributed by atoms with E-state index in [-0.39, 0.29) is 17.3 Å². The minimum Gasteiger partial charge on any atom is -0.316 e. The lowest BCUT2D eigenvalue weighted by Gasteiger charge is -2.31. The van der Waals surface area contributed by atoms with E-state index in [9.17, 15) is 9.18 Å². The summed E-state index contributed by atoms with van der Waals surface area (Å²) < 4.78 is 13.7. The van der Waals surface area contributed by atoms with Gasteiger partial charge in [0.2, 0.25) is 0 Å². The number of hydrogen-bond acceptors (Lipinski definition) is 2. The molecule has 1 N–H and O–H groups in total. The third-order valence-corrected chi connectivity index (χ3v) is 3.86. The standard InChI is InChI=1S/C14H18FNO/c1-10(2)14(7-8-16-9-14)13(17)11-5-3-4-6-12(11)15/h3-6,10,16H,7-9H2,1-2H3. The predicted octanol–water partition coefficient (Wildman–Crippen LogP) is 2.64. The van der Waals surface area contributed by atoms with E-state index in [1.54, 1.807) is 18.2 Å². The van der Waals surface area contributed by atoms with Crippen LogP contribution in [0.3, 0.4) is 0 Å². The molecule has 0 spiro atoms. The molecule has 0 aromatic heterocycles. The van der Waals surface area contributed by atoms with Gasteiger partial charge in [-0.05, 0) is 31.0 Å². The van der Waals surface area contributed by atoms with E-state index in [1.807, 2.05) is 13.8 Å². The van der Waals surface area contributed by atoms with E-state index in [2.05, 4.69) is 5.32 Å². The molecule has 0 saturated carbocycles. The van der Waals surface area contributed by atoms with Crippen molar-refractivity contribution in [2.75, 3.05) is 13.1 Å². The van der Waals surface area contributed by atoms with E-state index < -0.39 is 11.2 Å². The lowest BCUT2D eigenvalue weighted by atomic mass is 9.71. The maximum atomic E-state index is 13.7. The van der Waals surface area contributed by atoms with Crippen molar-refractivity contribution in [1.82, 2.24) is 5.32 Å². The number of nitrogens with one attached hydrogen (secondary N) is 1. The van der Waals surface area contributed by atoms with Crippen LogP contribution in [0.25, 0.3) is 0 Å². The smallest absolute Gasteiger partial charge is 0.173 e. The van der Waals surface area contributed by atoms with Crippen LogP contribution in [0.2, 0.25) is 0 Å². The molecule has 1 aliphatic rings. The maximum absolute atomic E-state index is 13.7. The number of rotatable bonds is 3. The highest BCUT2D eigenvalue weighted by molar-refractivity contribution is 6.01. The Hall–Kier alpha value is -1.22. The summed E-state index contributed by atoms with van der Waals surface area (Å²) in [6, 6.07) is 6.26. The van der Waals surface area contributed by atoms with Gasteiger partial charge in [-0.2, -0.15) is 0 Å². The van der Waals surface area contributed by atoms with Crippen molar-refractivity contribution in [3.05, 3.63) is 35.6 Å². The molecule has 92 valence electrons. The monoisotopic (exact) mass is 235 g/mol. The molecule has 2 nitrogen and oxygen atoms in total. The Kier molecular flexibility index (Phi) is 3.29. The van der Waals surface area contributed by atoms with Gasteiger partial charge in [-0.25, -0.2) is 4.39 Å². The van der Waals surface area contributed by atoms with Crippen molar-refractivity contribution in [3.63, 3.8) is 0 Å². The van der Waals surface area contributed by atoms with E-state index in [0.717, 1.165) is 13.0 Å². The largest absolute Gasteiger partial charge is 0.316 e. The summed E-state index contributed by atoms with van der Waals surface area (Å²) in [5.74, 6) is -0.260. The van der Waals surface area contributed by atoms with E-state index in [0.29, 0.717) is 6.54 Å². The van der Waals surface area contributed by atoms with Crippen molar-refractivity contribution < 1.29 is 9.18 Å². The second-order valence-corrected chi connectivity index (χ2v) is 5.05. The van der Waals surface area contributed by atoms with Gasteiger partial charge in [-0.3, -0.25) is 4.79 Å². The molecule has 1 aromatic rings. The molecule has 1 aromatic carbocycles. The molecule has 1 aliphatic heterocycles. The summed E-state index contributed by atoms with van der Waals surface area (Å²) in [5, 5.41) is 3.22. The summed E-state index contributed by atoms with van der Waals surface area (Å²) in [7, 11) is 0. The van der Waals surface area contributed by atoms with Crippen LogP contribution >= 0.6 is 0 Å². The molecular weight excluding hydrogens is 217 g/mol. The number of benzene rings is 1. The molecule has 17 heavy (non-hydrogen) atoms. The Bertz CT molecular complexity index is 422. The second-order valence-electron chi connectivity index (χ2n) is 5.05. The first kappa shape index (κ1) is 12.2. The van der Waals surface area contributed by atoms with Crippen LogP contribution in [0.4, 0.5) is 4.39 Å². The Balaban J connectivity index is 2.39. The zero-order valence-corrected chi connectivity index (χ0v) is 10.3.